The summed E-state index contributed by atoms with van der Waals surface area (Å²) in [5, 5.41) is 13.2. The monoisotopic (exact) mass is 263 g/mol. The van der Waals surface area contributed by atoms with Crippen LogP contribution in [-0.4, -0.2) is 23.7 Å². The number of fused-ring (bicyclic) bond motifs is 4. The number of hydrogen-bond donors (Lipinski definition) is 2. The lowest BCUT2D eigenvalue weighted by Gasteiger charge is -2.31. The molecule has 0 amide bonds. The lowest BCUT2D eigenvalue weighted by atomic mass is 9.83. The minimum absolute atomic E-state index is 0.0997. The zero-order valence-electron chi connectivity index (χ0n) is 11.6. The van der Waals surface area contributed by atoms with Crippen molar-refractivity contribution in [1.82, 2.24) is 5.32 Å². The Kier molecular flexibility index (Phi) is 2.87. The summed E-state index contributed by atoms with van der Waals surface area (Å²) in [7, 11) is 0. The number of aliphatic carboxylic acids is 1. The molecule has 7 atom stereocenters. The third-order valence-electron chi connectivity index (χ3n) is 6.70. The van der Waals surface area contributed by atoms with Gasteiger partial charge in [-0.3, -0.25) is 4.79 Å². The van der Waals surface area contributed by atoms with E-state index >= 15 is 0 Å². The standard InChI is InChI=1S/C16H25NO2/c18-16(19)14-11-3-4-12(7-11)15(14)17-8-13-6-9-1-2-10(13)5-9/h9-15,17H,1-8H2,(H,18,19). The Morgan fingerprint density at radius 3 is 2.47 bits per heavy atom. The zero-order chi connectivity index (χ0) is 13.0. The van der Waals surface area contributed by atoms with Crippen molar-refractivity contribution in [1.29, 1.82) is 0 Å². The second-order valence-electron chi connectivity index (χ2n) is 7.57. The van der Waals surface area contributed by atoms with Gasteiger partial charge in [-0.25, -0.2) is 0 Å². The van der Waals surface area contributed by atoms with Gasteiger partial charge in [0.05, 0.1) is 5.92 Å². The van der Waals surface area contributed by atoms with Gasteiger partial charge in [-0.2, -0.15) is 0 Å². The number of hydrogen-bond acceptors (Lipinski definition) is 2. The van der Waals surface area contributed by atoms with Gasteiger partial charge in [-0.05, 0) is 74.7 Å². The molecule has 0 aliphatic heterocycles. The topological polar surface area (TPSA) is 49.3 Å². The van der Waals surface area contributed by atoms with Crippen molar-refractivity contribution in [3.05, 3.63) is 0 Å². The van der Waals surface area contributed by atoms with E-state index in [2.05, 4.69) is 5.32 Å². The molecule has 4 rings (SSSR count). The van der Waals surface area contributed by atoms with Gasteiger partial charge in [0.1, 0.15) is 0 Å². The highest BCUT2D eigenvalue weighted by Gasteiger charge is 2.51. The minimum Gasteiger partial charge on any atom is -0.481 e. The maximum Gasteiger partial charge on any atom is 0.308 e. The quantitative estimate of drug-likeness (QED) is 0.819. The van der Waals surface area contributed by atoms with Crippen molar-refractivity contribution >= 4 is 5.97 Å². The molecule has 0 spiro atoms. The van der Waals surface area contributed by atoms with Crippen molar-refractivity contribution < 1.29 is 9.90 Å². The molecule has 0 heterocycles. The van der Waals surface area contributed by atoms with Crippen LogP contribution in [0.5, 0.6) is 0 Å². The lowest BCUT2D eigenvalue weighted by molar-refractivity contribution is -0.144. The average Bonchev–Trinajstić information content (AvgIpc) is 3.13. The van der Waals surface area contributed by atoms with Crippen LogP contribution in [0.4, 0.5) is 0 Å². The maximum absolute atomic E-state index is 11.5. The molecule has 0 saturated heterocycles. The molecule has 2 N–H and O–H groups in total. The van der Waals surface area contributed by atoms with Gasteiger partial charge in [0, 0.05) is 6.04 Å². The molecule has 0 radical (unpaired) electrons. The van der Waals surface area contributed by atoms with E-state index in [1.54, 1.807) is 0 Å². The second kappa shape index (κ2) is 4.47. The molecule has 106 valence electrons. The van der Waals surface area contributed by atoms with E-state index in [1.165, 1.54) is 32.1 Å². The molecule has 19 heavy (non-hydrogen) atoms. The van der Waals surface area contributed by atoms with Crippen LogP contribution in [0, 0.1) is 35.5 Å². The predicted octanol–water partition coefficient (Wildman–Crippen LogP) is 2.51. The van der Waals surface area contributed by atoms with Crippen LogP contribution >= 0.6 is 0 Å². The first kappa shape index (κ1) is 12.2. The van der Waals surface area contributed by atoms with Crippen LogP contribution in [0.3, 0.4) is 0 Å². The molecule has 4 saturated carbocycles. The van der Waals surface area contributed by atoms with Gasteiger partial charge in [0.2, 0.25) is 0 Å². The smallest absolute Gasteiger partial charge is 0.308 e. The molecule has 0 aromatic carbocycles. The van der Waals surface area contributed by atoms with E-state index in [0.717, 1.165) is 37.1 Å². The largest absolute Gasteiger partial charge is 0.481 e. The van der Waals surface area contributed by atoms with E-state index in [9.17, 15) is 9.90 Å². The first-order valence-corrected chi connectivity index (χ1v) is 8.18. The van der Waals surface area contributed by atoms with Crippen LogP contribution in [0.25, 0.3) is 0 Å². The molecule has 7 unspecified atom stereocenters. The lowest BCUT2D eigenvalue weighted by Crippen LogP contribution is -2.46. The number of carbonyl (C=O) groups is 1. The summed E-state index contributed by atoms with van der Waals surface area (Å²) in [6.07, 6.45) is 9.28. The fraction of sp³-hybridized carbons (Fsp3) is 0.938. The summed E-state index contributed by atoms with van der Waals surface area (Å²) < 4.78 is 0. The summed E-state index contributed by atoms with van der Waals surface area (Å²) in [5.74, 6) is 3.22. The van der Waals surface area contributed by atoms with Crippen LogP contribution in [0.1, 0.15) is 44.9 Å². The van der Waals surface area contributed by atoms with Crippen molar-refractivity contribution in [3.63, 3.8) is 0 Å². The summed E-state index contributed by atoms with van der Waals surface area (Å²) in [5.41, 5.74) is 0. The summed E-state index contributed by atoms with van der Waals surface area (Å²) >= 11 is 0. The van der Waals surface area contributed by atoms with E-state index < -0.39 is 5.97 Å². The van der Waals surface area contributed by atoms with Crippen LogP contribution in [0.15, 0.2) is 0 Å². The maximum atomic E-state index is 11.5. The zero-order valence-corrected chi connectivity index (χ0v) is 11.6. The summed E-state index contributed by atoms with van der Waals surface area (Å²) in [6, 6.07) is 0.273. The Hall–Kier alpha value is -0.570. The number of nitrogens with one attached hydrogen (secondary N) is 1. The van der Waals surface area contributed by atoms with Gasteiger partial charge in [0.25, 0.3) is 0 Å². The van der Waals surface area contributed by atoms with E-state index in [4.69, 9.17) is 0 Å². The molecule has 3 nitrogen and oxygen atoms in total. The minimum atomic E-state index is -0.558. The van der Waals surface area contributed by atoms with E-state index in [1.807, 2.05) is 0 Å². The summed E-state index contributed by atoms with van der Waals surface area (Å²) in [4.78, 5) is 11.5. The van der Waals surface area contributed by atoms with Crippen LogP contribution in [-0.2, 0) is 4.79 Å². The average molecular weight is 263 g/mol. The molecular weight excluding hydrogens is 238 g/mol. The van der Waals surface area contributed by atoms with Gasteiger partial charge < -0.3 is 10.4 Å². The second-order valence-corrected chi connectivity index (χ2v) is 7.57. The van der Waals surface area contributed by atoms with Crippen molar-refractivity contribution in [2.75, 3.05) is 6.54 Å². The molecule has 0 aromatic heterocycles. The van der Waals surface area contributed by atoms with Crippen molar-refractivity contribution in [3.8, 4) is 0 Å². The molecule has 3 heteroatoms. The van der Waals surface area contributed by atoms with Gasteiger partial charge >= 0.3 is 5.97 Å². The van der Waals surface area contributed by atoms with Crippen molar-refractivity contribution in [2.24, 2.45) is 35.5 Å². The Labute approximate surface area is 115 Å². The number of rotatable bonds is 4. The van der Waals surface area contributed by atoms with E-state index in [-0.39, 0.29) is 12.0 Å². The Morgan fingerprint density at radius 1 is 1.00 bits per heavy atom. The van der Waals surface area contributed by atoms with Gasteiger partial charge in [-0.1, -0.05) is 6.42 Å². The molecule has 4 fully saturated rings. The first-order chi connectivity index (χ1) is 9.22. The van der Waals surface area contributed by atoms with Crippen molar-refractivity contribution in [2.45, 2.75) is 51.0 Å². The molecule has 0 aromatic rings. The number of carboxylic acid groups (broad SMARTS) is 1. The SMILES string of the molecule is O=C(O)C1C2CCC(C2)C1NCC1CC2CCC1C2. The first-order valence-electron chi connectivity index (χ1n) is 8.18. The van der Waals surface area contributed by atoms with Crippen LogP contribution in [0.2, 0.25) is 0 Å². The highest BCUT2D eigenvalue weighted by molar-refractivity contribution is 5.72. The third-order valence-corrected chi connectivity index (χ3v) is 6.70. The Bertz CT molecular complexity index is 383. The highest BCUT2D eigenvalue weighted by atomic mass is 16.4. The van der Waals surface area contributed by atoms with E-state index in [0.29, 0.717) is 11.8 Å². The molecule has 4 aliphatic rings. The Morgan fingerprint density at radius 2 is 1.79 bits per heavy atom. The Balaban J connectivity index is 1.38. The fourth-order valence-corrected chi connectivity index (χ4v) is 5.85. The van der Waals surface area contributed by atoms with Crippen LogP contribution < -0.4 is 5.32 Å². The number of carboxylic acids is 1. The molecular formula is C16H25NO2. The predicted molar refractivity (Wildman–Crippen MR) is 72.7 cm³/mol. The van der Waals surface area contributed by atoms with Gasteiger partial charge in [-0.15, -0.1) is 0 Å². The molecule has 4 bridgehead atoms. The fourth-order valence-electron chi connectivity index (χ4n) is 5.85. The van der Waals surface area contributed by atoms with Gasteiger partial charge in [0.15, 0.2) is 0 Å². The normalized spacial score (nSPS) is 51.1. The third kappa shape index (κ3) is 1.93. The molecule has 4 aliphatic carbocycles. The highest BCUT2D eigenvalue weighted by Crippen LogP contribution is 2.50. The summed E-state index contributed by atoms with van der Waals surface area (Å²) in [6.45, 7) is 1.08.